The molecule has 0 atom stereocenters. The molecule has 0 saturated heterocycles. The molecule has 0 unspecified atom stereocenters. The maximum Gasteiger partial charge on any atom is 0.165 e. The van der Waals surface area contributed by atoms with Crippen molar-refractivity contribution in [1.82, 2.24) is 19.9 Å². The predicted octanol–water partition coefficient (Wildman–Crippen LogP) is 9.81. The molecule has 0 N–H and O–H groups in total. The molecule has 0 spiro atoms. The second kappa shape index (κ2) is 12.5. The van der Waals surface area contributed by atoms with Gasteiger partial charge in [0.15, 0.2) is 11.6 Å². The van der Waals surface area contributed by atoms with E-state index in [0.717, 1.165) is 33.8 Å². The van der Waals surface area contributed by atoms with Crippen LogP contribution in [0.15, 0.2) is 146 Å². The van der Waals surface area contributed by atoms with Gasteiger partial charge in [-0.25, -0.2) is 15.0 Å². The molecule has 7 rings (SSSR count). The van der Waals surface area contributed by atoms with E-state index in [2.05, 4.69) is 92.7 Å². The standard InChI is InChI=1S/C41H32N4/c1-28-23-29(2)25-35(24-28)37-16-10-9-15-36(37)31-17-19-32(20-18-31)38-22-21-34(27-42-38)41-44-39(26-30-11-5-3-6-12-30)43-40(45-41)33-13-7-4-8-14-33/h3-25,27H,26H2,1-2H3. The zero-order valence-electron chi connectivity index (χ0n) is 25.4. The average molecular weight is 581 g/mol. The van der Waals surface area contributed by atoms with E-state index in [-0.39, 0.29) is 0 Å². The highest BCUT2D eigenvalue weighted by atomic mass is 15.0. The van der Waals surface area contributed by atoms with Gasteiger partial charge in [-0.3, -0.25) is 4.98 Å². The minimum Gasteiger partial charge on any atom is -0.255 e. The van der Waals surface area contributed by atoms with E-state index in [1.807, 2.05) is 66.9 Å². The van der Waals surface area contributed by atoms with E-state index in [4.69, 9.17) is 19.9 Å². The van der Waals surface area contributed by atoms with Crippen LogP contribution in [0.25, 0.3) is 56.3 Å². The molecule has 0 amide bonds. The summed E-state index contributed by atoms with van der Waals surface area (Å²) in [6.45, 7) is 4.30. The molecule has 0 fully saturated rings. The van der Waals surface area contributed by atoms with Crippen molar-refractivity contribution in [2.45, 2.75) is 20.3 Å². The Morgan fingerprint density at radius 3 is 1.64 bits per heavy atom. The number of rotatable bonds is 7. The zero-order chi connectivity index (χ0) is 30.6. The van der Waals surface area contributed by atoms with Crippen molar-refractivity contribution in [2.75, 3.05) is 0 Å². The van der Waals surface area contributed by atoms with Gasteiger partial charge in [0, 0.05) is 29.3 Å². The van der Waals surface area contributed by atoms with Gasteiger partial charge in [-0.15, -0.1) is 0 Å². The van der Waals surface area contributed by atoms with Gasteiger partial charge in [-0.05, 0) is 53.8 Å². The number of hydrogen-bond acceptors (Lipinski definition) is 4. The summed E-state index contributed by atoms with van der Waals surface area (Å²) >= 11 is 0. The van der Waals surface area contributed by atoms with E-state index in [9.17, 15) is 0 Å². The van der Waals surface area contributed by atoms with Crippen LogP contribution in [-0.4, -0.2) is 19.9 Å². The van der Waals surface area contributed by atoms with Gasteiger partial charge in [-0.1, -0.05) is 139 Å². The topological polar surface area (TPSA) is 51.6 Å². The summed E-state index contributed by atoms with van der Waals surface area (Å²) in [5.74, 6) is 2.00. The molecule has 2 aromatic heterocycles. The third-order valence-electron chi connectivity index (χ3n) is 7.89. The highest BCUT2D eigenvalue weighted by molar-refractivity contribution is 5.84. The lowest BCUT2D eigenvalue weighted by Crippen LogP contribution is -2.04. The first-order chi connectivity index (χ1) is 22.1. The normalized spacial score (nSPS) is 11.0. The Bertz CT molecular complexity index is 2050. The summed E-state index contributed by atoms with van der Waals surface area (Å²) < 4.78 is 0. The number of nitrogens with zero attached hydrogens (tertiary/aromatic N) is 4. The lowest BCUT2D eigenvalue weighted by atomic mass is 9.92. The fraction of sp³-hybridized carbons (Fsp3) is 0.0732. The van der Waals surface area contributed by atoms with Gasteiger partial charge < -0.3 is 0 Å². The molecule has 0 aliphatic heterocycles. The Balaban J connectivity index is 1.18. The van der Waals surface area contributed by atoms with E-state index in [0.29, 0.717) is 18.1 Å². The lowest BCUT2D eigenvalue weighted by molar-refractivity contribution is 0.932. The summed E-state index contributed by atoms with van der Waals surface area (Å²) in [4.78, 5) is 19.3. The van der Waals surface area contributed by atoms with E-state index in [1.165, 1.54) is 33.4 Å². The fourth-order valence-electron chi connectivity index (χ4n) is 5.76. The van der Waals surface area contributed by atoms with Crippen LogP contribution in [0.4, 0.5) is 0 Å². The largest absolute Gasteiger partial charge is 0.255 e. The van der Waals surface area contributed by atoms with Crippen LogP contribution in [0.1, 0.15) is 22.5 Å². The highest BCUT2D eigenvalue weighted by Crippen LogP contribution is 2.34. The summed E-state index contributed by atoms with van der Waals surface area (Å²) in [6.07, 6.45) is 2.48. The van der Waals surface area contributed by atoms with Crippen LogP contribution in [0, 0.1) is 13.8 Å². The molecule has 0 radical (unpaired) electrons. The molecule has 4 nitrogen and oxygen atoms in total. The molecule has 216 valence electrons. The Hall–Kier alpha value is -5.74. The predicted molar refractivity (Wildman–Crippen MR) is 184 cm³/mol. The summed E-state index contributed by atoms with van der Waals surface area (Å²) in [5.41, 5.74) is 12.3. The molecule has 2 heterocycles. The minimum absolute atomic E-state index is 0.618. The summed E-state index contributed by atoms with van der Waals surface area (Å²) in [6, 6.07) is 48.4. The van der Waals surface area contributed by atoms with Crippen molar-refractivity contribution in [3.63, 3.8) is 0 Å². The molecule has 0 bridgehead atoms. The lowest BCUT2D eigenvalue weighted by Gasteiger charge is -2.12. The van der Waals surface area contributed by atoms with Crippen LogP contribution in [0.5, 0.6) is 0 Å². The first-order valence-electron chi connectivity index (χ1n) is 15.2. The molecule has 7 aromatic rings. The second-order valence-electron chi connectivity index (χ2n) is 11.4. The van der Waals surface area contributed by atoms with Gasteiger partial charge in [0.1, 0.15) is 5.82 Å². The van der Waals surface area contributed by atoms with Crippen LogP contribution in [-0.2, 0) is 6.42 Å². The van der Waals surface area contributed by atoms with Crippen LogP contribution < -0.4 is 0 Å². The molecular weight excluding hydrogens is 548 g/mol. The third-order valence-corrected chi connectivity index (χ3v) is 7.89. The highest BCUT2D eigenvalue weighted by Gasteiger charge is 2.13. The van der Waals surface area contributed by atoms with Crippen molar-refractivity contribution < 1.29 is 0 Å². The zero-order valence-corrected chi connectivity index (χ0v) is 25.4. The average Bonchev–Trinajstić information content (AvgIpc) is 3.09. The SMILES string of the molecule is Cc1cc(C)cc(-c2ccccc2-c2ccc(-c3ccc(-c4nc(Cc5ccccc5)nc(-c5ccccc5)n4)cn3)cc2)c1. The molecule has 0 saturated carbocycles. The number of aryl methyl sites for hydroxylation is 2. The summed E-state index contributed by atoms with van der Waals surface area (Å²) in [7, 11) is 0. The Morgan fingerprint density at radius 2 is 1.00 bits per heavy atom. The monoisotopic (exact) mass is 580 g/mol. The first-order valence-corrected chi connectivity index (χ1v) is 15.2. The molecular formula is C41H32N4. The fourth-order valence-corrected chi connectivity index (χ4v) is 5.76. The smallest absolute Gasteiger partial charge is 0.165 e. The van der Waals surface area contributed by atoms with Crippen molar-refractivity contribution in [1.29, 1.82) is 0 Å². The quantitative estimate of drug-likeness (QED) is 0.188. The maximum absolute atomic E-state index is 4.85. The third kappa shape index (κ3) is 6.31. The van der Waals surface area contributed by atoms with Crippen molar-refractivity contribution in [3.8, 4) is 56.3 Å². The van der Waals surface area contributed by atoms with Crippen molar-refractivity contribution in [2.24, 2.45) is 0 Å². The number of pyridine rings is 1. The number of benzene rings is 5. The Kier molecular flexibility index (Phi) is 7.78. The van der Waals surface area contributed by atoms with Gasteiger partial charge in [0.25, 0.3) is 0 Å². The first kappa shape index (κ1) is 28.1. The van der Waals surface area contributed by atoms with Crippen molar-refractivity contribution in [3.05, 3.63) is 168 Å². The number of aromatic nitrogens is 4. The van der Waals surface area contributed by atoms with Crippen LogP contribution in [0.2, 0.25) is 0 Å². The van der Waals surface area contributed by atoms with E-state index in [1.54, 1.807) is 0 Å². The van der Waals surface area contributed by atoms with Crippen molar-refractivity contribution >= 4 is 0 Å². The molecule has 45 heavy (non-hydrogen) atoms. The van der Waals surface area contributed by atoms with Gasteiger partial charge in [0.05, 0.1) is 5.69 Å². The Morgan fingerprint density at radius 1 is 0.444 bits per heavy atom. The molecule has 0 aliphatic rings. The molecule has 0 aliphatic carbocycles. The molecule has 4 heteroatoms. The Labute approximate surface area is 264 Å². The van der Waals surface area contributed by atoms with Crippen LogP contribution >= 0.6 is 0 Å². The molecule has 5 aromatic carbocycles. The van der Waals surface area contributed by atoms with E-state index < -0.39 is 0 Å². The summed E-state index contributed by atoms with van der Waals surface area (Å²) in [5, 5.41) is 0. The van der Waals surface area contributed by atoms with Gasteiger partial charge >= 0.3 is 0 Å². The van der Waals surface area contributed by atoms with Gasteiger partial charge in [-0.2, -0.15) is 0 Å². The second-order valence-corrected chi connectivity index (χ2v) is 11.4. The number of hydrogen-bond donors (Lipinski definition) is 0. The maximum atomic E-state index is 4.85. The van der Waals surface area contributed by atoms with Gasteiger partial charge in [0.2, 0.25) is 0 Å². The minimum atomic E-state index is 0.618. The van der Waals surface area contributed by atoms with E-state index >= 15 is 0 Å². The van der Waals surface area contributed by atoms with Crippen LogP contribution in [0.3, 0.4) is 0 Å².